The van der Waals surface area contributed by atoms with Crippen LogP contribution in [0.15, 0.2) is 60.7 Å². The van der Waals surface area contributed by atoms with Gasteiger partial charge in [0.25, 0.3) is 0 Å². The number of carbonyl (C=O) groups is 2. The third-order valence-corrected chi connectivity index (χ3v) is 4.71. The molecule has 3 aromatic rings. The van der Waals surface area contributed by atoms with Crippen molar-refractivity contribution in [3.63, 3.8) is 0 Å². The number of halogens is 1. The Morgan fingerprint density at radius 3 is 2.43 bits per heavy atom. The summed E-state index contributed by atoms with van der Waals surface area (Å²) >= 11 is 6.06. The highest BCUT2D eigenvalue weighted by atomic mass is 35.5. The molecule has 1 N–H and O–H groups in total. The summed E-state index contributed by atoms with van der Waals surface area (Å²) < 4.78 is 5.50. The van der Waals surface area contributed by atoms with E-state index in [9.17, 15) is 9.59 Å². The van der Waals surface area contributed by atoms with Crippen LogP contribution in [0, 0.1) is 0 Å². The molecule has 28 heavy (non-hydrogen) atoms. The van der Waals surface area contributed by atoms with Gasteiger partial charge in [-0.05, 0) is 41.0 Å². The first kappa shape index (κ1) is 19.9. The standard InChI is InChI=1S/C23H22ClNO3/c1-3-6-21(27)25-23(17-9-12-18(24)13-10-17)22-19-8-5-4-7-16(19)11-14-20(22)28-15(2)26/h4-5,7-14,23H,3,6H2,1-2H3,(H,25,27)/t23-/m0/s1. The first-order chi connectivity index (χ1) is 13.5. The highest BCUT2D eigenvalue weighted by molar-refractivity contribution is 6.30. The van der Waals surface area contributed by atoms with E-state index in [1.807, 2.05) is 49.4 Å². The van der Waals surface area contributed by atoms with Crippen LogP contribution in [0.25, 0.3) is 10.8 Å². The Morgan fingerprint density at radius 1 is 1.04 bits per heavy atom. The molecule has 4 nitrogen and oxygen atoms in total. The van der Waals surface area contributed by atoms with Crippen LogP contribution in [0.5, 0.6) is 5.75 Å². The van der Waals surface area contributed by atoms with E-state index in [-0.39, 0.29) is 5.91 Å². The molecule has 0 saturated heterocycles. The van der Waals surface area contributed by atoms with Crippen molar-refractivity contribution in [2.45, 2.75) is 32.7 Å². The van der Waals surface area contributed by atoms with Gasteiger partial charge in [-0.2, -0.15) is 0 Å². The van der Waals surface area contributed by atoms with Gasteiger partial charge < -0.3 is 10.1 Å². The Hall–Kier alpha value is -2.85. The normalized spacial score (nSPS) is 11.8. The molecule has 0 aliphatic carbocycles. The molecule has 3 aromatic carbocycles. The second-order valence-electron chi connectivity index (χ2n) is 6.59. The van der Waals surface area contributed by atoms with Gasteiger partial charge in [-0.15, -0.1) is 0 Å². The molecular weight excluding hydrogens is 374 g/mol. The van der Waals surface area contributed by atoms with E-state index < -0.39 is 12.0 Å². The van der Waals surface area contributed by atoms with Gasteiger partial charge in [0.1, 0.15) is 5.75 Å². The number of esters is 1. The van der Waals surface area contributed by atoms with Gasteiger partial charge in [-0.25, -0.2) is 0 Å². The minimum absolute atomic E-state index is 0.0656. The van der Waals surface area contributed by atoms with Crippen molar-refractivity contribution in [3.05, 3.63) is 76.8 Å². The predicted molar refractivity (Wildman–Crippen MR) is 112 cm³/mol. The Bertz CT molecular complexity index is 998. The SMILES string of the molecule is CCCC(=O)N[C@@H](c1ccc(Cl)cc1)c1c(OC(C)=O)ccc2ccccc12. The molecule has 0 saturated carbocycles. The highest BCUT2D eigenvalue weighted by Crippen LogP contribution is 2.37. The fourth-order valence-corrected chi connectivity index (χ4v) is 3.38. The summed E-state index contributed by atoms with van der Waals surface area (Å²) in [5.41, 5.74) is 1.61. The average molecular weight is 396 g/mol. The Labute approximate surface area is 169 Å². The number of rotatable bonds is 6. The zero-order chi connectivity index (χ0) is 20.1. The molecule has 0 aliphatic rings. The van der Waals surface area contributed by atoms with Crippen molar-refractivity contribution in [1.29, 1.82) is 0 Å². The van der Waals surface area contributed by atoms with E-state index >= 15 is 0 Å². The molecule has 3 rings (SSSR count). The van der Waals surface area contributed by atoms with Crippen molar-refractivity contribution in [2.75, 3.05) is 0 Å². The fourth-order valence-electron chi connectivity index (χ4n) is 3.25. The largest absolute Gasteiger partial charge is 0.426 e. The van der Waals surface area contributed by atoms with Crippen LogP contribution in [0.3, 0.4) is 0 Å². The second-order valence-corrected chi connectivity index (χ2v) is 7.03. The number of fused-ring (bicyclic) bond motifs is 1. The molecule has 0 heterocycles. The van der Waals surface area contributed by atoms with Gasteiger partial charge in [0.05, 0.1) is 6.04 Å². The summed E-state index contributed by atoms with van der Waals surface area (Å²) in [7, 11) is 0. The van der Waals surface area contributed by atoms with Crippen LogP contribution in [0.1, 0.15) is 43.9 Å². The minimum atomic E-state index is -0.475. The Balaban J connectivity index is 2.22. The Morgan fingerprint density at radius 2 is 1.75 bits per heavy atom. The number of hydrogen-bond acceptors (Lipinski definition) is 3. The van der Waals surface area contributed by atoms with E-state index in [0.29, 0.717) is 17.2 Å². The van der Waals surface area contributed by atoms with E-state index in [1.54, 1.807) is 18.2 Å². The molecular formula is C23H22ClNO3. The van der Waals surface area contributed by atoms with E-state index in [4.69, 9.17) is 16.3 Å². The lowest BCUT2D eigenvalue weighted by Crippen LogP contribution is -2.29. The monoisotopic (exact) mass is 395 g/mol. The zero-order valence-corrected chi connectivity index (χ0v) is 16.6. The van der Waals surface area contributed by atoms with Crippen molar-refractivity contribution >= 4 is 34.2 Å². The second kappa shape index (κ2) is 8.89. The lowest BCUT2D eigenvalue weighted by Gasteiger charge is -2.24. The molecule has 0 unspecified atom stereocenters. The van der Waals surface area contributed by atoms with Gasteiger partial charge in [-0.1, -0.05) is 61.0 Å². The van der Waals surface area contributed by atoms with Crippen LogP contribution < -0.4 is 10.1 Å². The number of carbonyl (C=O) groups excluding carboxylic acids is 2. The average Bonchev–Trinajstić information content (AvgIpc) is 2.67. The Kier molecular flexibility index (Phi) is 6.32. The maximum Gasteiger partial charge on any atom is 0.308 e. The molecule has 5 heteroatoms. The van der Waals surface area contributed by atoms with Crippen molar-refractivity contribution in [1.82, 2.24) is 5.32 Å². The lowest BCUT2D eigenvalue weighted by molar-refractivity contribution is -0.131. The first-order valence-electron chi connectivity index (χ1n) is 9.24. The summed E-state index contributed by atoms with van der Waals surface area (Å²) in [6.07, 6.45) is 1.16. The zero-order valence-electron chi connectivity index (χ0n) is 15.9. The van der Waals surface area contributed by atoms with Crippen LogP contribution in [-0.2, 0) is 9.59 Å². The van der Waals surface area contributed by atoms with Crippen molar-refractivity contribution in [2.24, 2.45) is 0 Å². The van der Waals surface area contributed by atoms with Crippen LogP contribution >= 0.6 is 11.6 Å². The maximum absolute atomic E-state index is 12.5. The number of benzene rings is 3. The molecule has 1 atom stereocenters. The van der Waals surface area contributed by atoms with Crippen LogP contribution in [0.4, 0.5) is 0 Å². The predicted octanol–water partition coefficient (Wildman–Crippen LogP) is 5.42. The van der Waals surface area contributed by atoms with Gasteiger partial charge in [0.15, 0.2) is 0 Å². The molecule has 0 aliphatic heterocycles. The molecule has 0 fully saturated rings. The third kappa shape index (κ3) is 4.52. The molecule has 1 amide bonds. The molecule has 0 bridgehead atoms. The van der Waals surface area contributed by atoms with Gasteiger partial charge in [-0.3, -0.25) is 9.59 Å². The summed E-state index contributed by atoms with van der Waals surface area (Å²) in [5.74, 6) is -0.0432. The van der Waals surface area contributed by atoms with E-state index in [1.165, 1.54) is 6.92 Å². The number of nitrogens with one attached hydrogen (secondary N) is 1. The molecule has 144 valence electrons. The van der Waals surface area contributed by atoms with E-state index in [0.717, 1.165) is 28.3 Å². The quantitative estimate of drug-likeness (QED) is 0.447. The van der Waals surface area contributed by atoms with Crippen molar-refractivity contribution in [3.8, 4) is 5.75 Å². The lowest BCUT2D eigenvalue weighted by atomic mass is 9.92. The van der Waals surface area contributed by atoms with Gasteiger partial charge in [0, 0.05) is 23.9 Å². The number of ether oxygens (including phenoxy) is 1. The molecule has 0 radical (unpaired) electrons. The maximum atomic E-state index is 12.5. The minimum Gasteiger partial charge on any atom is -0.426 e. The smallest absolute Gasteiger partial charge is 0.308 e. The number of hydrogen-bond donors (Lipinski definition) is 1. The molecule has 0 spiro atoms. The van der Waals surface area contributed by atoms with Crippen molar-refractivity contribution < 1.29 is 14.3 Å². The van der Waals surface area contributed by atoms with Crippen LogP contribution in [-0.4, -0.2) is 11.9 Å². The number of amides is 1. The summed E-state index contributed by atoms with van der Waals surface area (Å²) in [6.45, 7) is 3.32. The van der Waals surface area contributed by atoms with Gasteiger partial charge in [0.2, 0.25) is 5.91 Å². The highest BCUT2D eigenvalue weighted by Gasteiger charge is 2.24. The van der Waals surface area contributed by atoms with Crippen LogP contribution in [0.2, 0.25) is 5.02 Å². The fraction of sp³-hybridized carbons (Fsp3) is 0.217. The third-order valence-electron chi connectivity index (χ3n) is 4.46. The van der Waals surface area contributed by atoms with Gasteiger partial charge >= 0.3 is 5.97 Å². The summed E-state index contributed by atoms with van der Waals surface area (Å²) in [4.78, 5) is 24.2. The van der Waals surface area contributed by atoms with E-state index in [2.05, 4.69) is 5.32 Å². The first-order valence-corrected chi connectivity index (χ1v) is 9.62. The summed E-state index contributed by atoms with van der Waals surface area (Å²) in [5, 5.41) is 5.63. The topological polar surface area (TPSA) is 55.4 Å². The molecule has 0 aromatic heterocycles. The summed E-state index contributed by atoms with van der Waals surface area (Å²) in [6, 6.07) is 18.3.